The fourth-order valence-corrected chi connectivity index (χ4v) is 4.41. The third-order valence-electron chi connectivity index (χ3n) is 5.92. The molecule has 3 aromatic rings. The first-order valence-electron chi connectivity index (χ1n) is 11.6. The Morgan fingerprint density at radius 1 is 0.781 bits per heavy atom. The third-order valence-corrected chi connectivity index (χ3v) is 6.33. The number of rotatable bonds is 11. The lowest BCUT2D eigenvalue weighted by atomic mass is 9.95. The Morgan fingerprint density at radius 3 is 1.88 bits per heavy atom. The molecule has 3 aromatic carbocycles. The molecule has 0 heterocycles. The summed E-state index contributed by atoms with van der Waals surface area (Å²) in [4.78, 5) is 2.49. The Labute approximate surface area is 198 Å². The molecular weight excluding hydrogens is 414 g/mol. The molecular formula is C29H34ClNO. The average molecular weight is 448 g/mol. The number of hydrogen-bond acceptors (Lipinski definition) is 2. The van der Waals surface area contributed by atoms with Gasteiger partial charge in [-0.3, -0.25) is 0 Å². The van der Waals surface area contributed by atoms with Crippen LogP contribution in [0, 0.1) is 0 Å². The second-order valence-electron chi connectivity index (χ2n) is 8.01. The van der Waals surface area contributed by atoms with Crippen molar-refractivity contribution in [2.45, 2.75) is 39.7 Å². The molecule has 0 bridgehead atoms. The molecule has 3 rings (SSSR count). The molecule has 0 aliphatic heterocycles. The van der Waals surface area contributed by atoms with E-state index in [0.717, 1.165) is 65.6 Å². The zero-order valence-electron chi connectivity index (χ0n) is 19.4. The molecule has 0 aliphatic rings. The molecule has 168 valence electrons. The van der Waals surface area contributed by atoms with Gasteiger partial charge in [-0.2, -0.15) is 0 Å². The van der Waals surface area contributed by atoms with Gasteiger partial charge in [0.15, 0.2) is 0 Å². The van der Waals surface area contributed by atoms with Gasteiger partial charge < -0.3 is 9.64 Å². The van der Waals surface area contributed by atoms with Crippen LogP contribution in [0.25, 0.3) is 10.6 Å². The summed E-state index contributed by atoms with van der Waals surface area (Å²) in [6.45, 7) is 9.68. The maximum Gasteiger partial charge on any atom is 0.119 e. The summed E-state index contributed by atoms with van der Waals surface area (Å²) < 4.78 is 6.02. The predicted molar refractivity (Wildman–Crippen MR) is 138 cm³/mol. The molecule has 0 spiro atoms. The van der Waals surface area contributed by atoms with E-state index in [-0.39, 0.29) is 0 Å². The van der Waals surface area contributed by atoms with Gasteiger partial charge in [0, 0.05) is 11.6 Å². The van der Waals surface area contributed by atoms with Gasteiger partial charge in [-0.15, -0.1) is 0 Å². The highest BCUT2D eigenvalue weighted by molar-refractivity contribution is 6.53. The second-order valence-corrected chi connectivity index (χ2v) is 8.38. The summed E-state index contributed by atoms with van der Waals surface area (Å²) in [6.07, 6.45) is 2.20. The van der Waals surface area contributed by atoms with Crippen molar-refractivity contribution < 1.29 is 4.74 Å². The number of nitrogens with zero attached hydrogens (tertiary/aromatic N) is 1. The molecule has 0 aliphatic carbocycles. The summed E-state index contributed by atoms with van der Waals surface area (Å²) in [5.41, 5.74) is 4.21. The van der Waals surface area contributed by atoms with Crippen LogP contribution in [0.1, 0.15) is 50.3 Å². The van der Waals surface area contributed by atoms with E-state index in [1.807, 2.05) is 60.7 Å². The van der Waals surface area contributed by atoms with Gasteiger partial charge in [-0.1, -0.05) is 98.2 Å². The summed E-state index contributed by atoms with van der Waals surface area (Å²) in [6, 6.07) is 29.3. The van der Waals surface area contributed by atoms with Crippen molar-refractivity contribution >= 4 is 22.2 Å². The lowest BCUT2D eigenvalue weighted by molar-refractivity contribution is 0.204. The average Bonchev–Trinajstić information content (AvgIpc) is 2.85. The van der Waals surface area contributed by atoms with Gasteiger partial charge >= 0.3 is 0 Å². The number of ether oxygens (including phenoxy) is 1. The molecule has 1 unspecified atom stereocenters. The zero-order chi connectivity index (χ0) is 22.8. The molecule has 0 saturated heterocycles. The molecule has 0 aromatic heterocycles. The highest BCUT2D eigenvalue weighted by Crippen LogP contribution is 2.35. The van der Waals surface area contributed by atoms with E-state index in [9.17, 15) is 0 Å². The van der Waals surface area contributed by atoms with Crippen LogP contribution >= 0.6 is 11.6 Å². The van der Waals surface area contributed by atoms with Gasteiger partial charge in [0.05, 0.1) is 11.6 Å². The van der Waals surface area contributed by atoms with Crippen molar-refractivity contribution in [1.82, 2.24) is 4.90 Å². The van der Waals surface area contributed by atoms with Crippen molar-refractivity contribution in [2.24, 2.45) is 0 Å². The van der Waals surface area contributed by atoms with Crippen LogP contribution in [0.15, 0.2) is 84.9 Å². The minimum absolute atomic E-state index is 0.592. The van der Waals surface area contributed by atoms with Gasteiger partial charge in [-0.05, 0) is 61.7 Å². The van der Waals surface area contributed by atoms with Gasteiger partial charge in [0.1, 0.15) is 5.75 Å². The van der Waals surface area contributed by atoms with Crippen LogP contribution in [0.3, 0.4) is 0 Å². The highest BCUT2D eigenvalue weighted by Gasteiger charge is 2.13. The van der Waals surface area contributed by atoms with E-state index in [0.29, 0.717) is 6.04 Å². The number of hydrogen-bond donors (Lipinski definition) is 0. The Hall–Kier alpha value is -2.55. The van der Waals surface area contributed by atoms with Crippen LogP contribution in [-0.2, 0) is 0 Å². The molecule has 1 atom stereocenters. The highest BCUT2D eigenvalue weighted by atomic mass is 35.5. The SMILES string of the molecule is CCN(CC)C(C)CCCOc1ccc(/C(=C(/Cl)c2ccccc2)c2ccccc2)cc1. The van der Waals surface area contributed by atoms with Crippen molar-refractivity contribution in [3.05, 3.63) is 102 Å². The van der Waals surface area contributed by atoms with Crippen molar-refractivity contribution in [1.29, 1.82) is 0 Å². The predicted octanol–water partition coefficient (Wildman–Crippen LogP) is 7.73. The molecule has 0 radical (unpaired) electrons. The first-order chi connectivity index (χ1) is 15.6. The topological polar surface area (TPSA) is 12.5 Å². The monoisotopic (exact) mass is 447 g/mol. The fourth-order valence-electron chi connectivity index (χ4n) is 4.07. The molecule has 32 heavy (non-hydrogen) atoms. The van der Waals surface area contributed by atoms with E-state index < -0.39 is 0 Å². The lowest BCUT2D eigenvalue weighted by Gasteiger charge is -2.26. The minimum atomic E-state index is 0.592. The quantitative estimate of drug-likeness (QED) is 0.220. The van der Waals surface area contributed by atoms with Gasteiger partial charge in [0.2, 0.25) is 0 Å². The summed E-state index contributed by atoms with van der Waals surface area (Å²) >= 11 is 6.91. The van der Waals surface area contributed by atoms with Crippen LogP contribution < -0.4 is 4.74 Å². The van der Waals surface area contributed by atoms with Gasteiger partial charge in [-0.25, -0.2) is 0 Å². The van der Waals surface area contributed by atoms with E-state index in [1.54, 1.807) is 0 Å². The van der Waals surface area contributed by atoms with Crippen LogP contribution in [0.5, 0.6) is 5.75 Å². The van der Waals surface area contributed by atoms with E-state index in [1.165, 1.54) is 0 Å². The Kier molecular flexibility index (Phi) is 9.40. The first-order valence-corrected chi connectivity index (χ1v) is 12.0. The molecule has 0 N–H and O–H groups in total. The van der Waals surface area contributed by atoms with Crippen LogP contribution in [0.2, 0.25) is 0 Å². The summed E-state index contributed by atoms with van der Waals surface area (Å²) in [5.74, 6) is 0.896. The van der Waals surface area contributed by atoms with Crippen LogP contribution in [-0.4, -0.2) is 30.6 Å². The van der Waals surface area contributed by atoms with Gasteiger partial charge in [0.25, 0.3) is 0 Å². The minimum Gasteiger partial charge on any atom is -0.494 e. The fraction of sp³-hybridized carbons (Fsp3) is 0.310. The van der Waals surface area contributed by atoms with E-state index in [4.69, 9.17) is 16.3 Å². The van der Waals surface area contributed by atoms with E-state index in [2.05, 4.69) is 49.9 Å². The number of halogens is 1. The zero-order valence-corrected chi connectivity index (χ0v) is 20.2. The first kappa shape index (κ1) is 24.1. The Balaban J connectivity index is 1.72. The van der Waals surface area contributed by atoms with Crippen molar-refractivity contribution in [2.75, 3.05) is 19.7 Å². The molecule has 0 amide bonds. The molecule has 0 fully saturated rings. The largest absolute Gasteiger partial charge is 0.494 e. The van der Waals surface area contributed by atoms with Crippen molar-refractivity contribution in [3.8, 4) is 5.75 Å². The summed E-state index contributed by atoms with van der Waals surface area (Å²) in [5, 5.41) is 0.746. The standard InChI is InChI=1S/C29H34ClNO/c1-4-31(5-2)23(3)13-12-22-32-27-20-18-25(19-21-27)28(24-14-8-6-9-15-24)29(30)26-16-10-7-11-17-26/h6-11,14-21,23H,4-5,12-13,22H2,1-3H3/b29-28+. The molecule has 2 nitrogen and oxygen atoms in total. The smallest absolute Gasteiger partial charge is 0.119 e. The molecule has 0 saturated carbocycles. The summed E-state index contributed by atoms with van der Waals surface area (Å²) in [7, 11) is 0. The van der Waals surface area contributed by atoms with Crippen LogP contribution in [0.4, 0.5) is 0 Å². The maximum atomic E-state index is 6.91. The van der Waals surface area contributed by atoms with E-state index >= 15 is 0 Å². The Morgan fingerprint density at radius 2 is 1.31 bits per heavy atom. The third kappa shape index (κ3) is 6.48. The Bertz CT molecular complexity index is 963. The van der Waals surface area contributed by atoms with Crippen molar-refractivity contribution in [3.63, 3.8) is 0 Å². The normalized spacial score (nSPS) is 13.0. The number of benzene rings is 3. The lowest BCUT2D eigenvalue weighted by Crippen LogP contribution is -2.32. The second kappa shape index (κ2) is 12.5. The molecule has 3 heteroatoms. The maximum absolute atomic E-state index is 6.91.